The molecule has 0 aromatic heterocycles. The van der Waals surface area contributed by atoms with Gasteiger partial charge in [-0.1, -0.05) is 12.2 Å². The Labute approximate surface area is 150 Å². The second-order valence-corrected chi connectivity index (χ2v) is 8.78. The van der Waals surface area contributed by atoms with E-state index in [0.29, 0.717) is 18.4 Å². The SMILES string of the molecule is CN1CC[C@]23C4=C5C=CC(OS(=O)(=O)O)C4(O)O[C@H]2C(=O)C=C[C@H]3[C@H]1C5. The topological polar surface area (TPSA) is 113 Å². The molecule has 0 amide bonds. The summed E-state index contributed by atoms with van der Waals surface area (Å²) in [6, 6.07) is 0.170. The van der Waals surface area contributed by atoms with Gasteiger partial charge in [0.25, 0.3) is 0 Å². The van der Waals surface area contributed by atoms with E-state index in [2.05, 4.69) is 9.08 Å². The number of nitrogens with zero attached hydrogens (tertiary/aromatic N) is 1. The lowest BCUT2D eigenvalue weighted by molar-refractivity contribution is -0.212. The van der Waals surface area contributed by atoms with Gasteiger partial charge in [0.15, 0.2) is 11.9 Å². The fraction of sp³-hybridized carbons (Fsp3) is 0.588. The third-order valence-electron chi connectivity index (χ3n) is 6.60. The van der Waals surface area contributed by atoms with E-state index in [-0.39, 0.29) is 17.7 Å². The van der Waals surface area contributed by atoms with Crippen molar-refractivity contribution in [1.82, 2.24) is 4.90 Å². The highest BCUT2D eigenvalue weighted by Crippen LogP contribution is 2.65. The first-order valence-electron chi connectivity index (χ1n) is 8.57. The van der Waals surface area contributed by atoms with Crippen LogP contribution in [0.25, 0.3) is 0 Å². The van der Waals surface area contributed by atoms with Crippen LogP contribution < -0.4 is 0 Å². The number of rotatable bonds is 2. The van der Waals surface area contributed by atoms with Crippen LogP contribution in [0.4, 0.5) is 0 Å². The summed E-state index contributed by atoms with van der Waals surface area (Å²) in [7, 11) is -2.77. The van der Waals surface area contributed by atoms with Crippen LogP contribution in [-0.2, 0) is 24.1 Å². The smallest absolute Gasteiger partial charge is 0.360 e. The maximum atomic E-state index is 12.6. The van der Waals surface area contributed by atoms with Gasteiger partial charge >= 0.3 is 10.4 Å². The van der Waals surface area contributed by atoms with Crippen LogP contribution >= 0.6 is 0 Å². The Morgan fingerprint density at radius 3 is 2.85 bits per heavy atom. The zero-order valence-electron chi connectivity index (χ0n) is 14.0. The first kappa shape index (κ1) is 16.8. The highest BCUT2D eigenvalue weighted by molar-refractivity contribution is 7.80. The zero-order chi connectivity index (χ0) is 18.5. The molecule has 5 rings (SSSR count). The van der Waals surface area contributed by atoms with Crippen molar-refractivity contribution < 1.29 is 31.8 Å². The van der Waals surface area contributed by atoms with Crippen molar-refractivity contribution in [1.29, 1.82) is 0 Å². The van der Waals surface area contributed by atoms with Crippen LogP contribution in [0.3, 0.4) is 0 Å². The van der Waals surface area contributed by atoms with Crippen molar-refractivity contribution in [2.75, 3.05) is 13.6 Å². The Balaban J connectivity index is 1.73. The molecule has 5 aliphatic rings. The second-order valence-electron chi connectivity index (χ2n) is 7.73. The number of likely N-dealkylation sites (tertiary alicyclic amines) is 1. The molecule has 8 nitrogen and oxygen atoms in total. The summed E-state index contributed by atoms with van der Waals surface area (Å²) >= 11 is 0. The number of carbonyl (C=O) groups excluding carboxylic acids is 1. The Kier molecular flexibility index (Phi) is 3.18. The number of allylic oxidation sites excluding steroid dienone is 1. The van der Waals surface area contributed by atoms with Crippen molar-refractivity contribution >= 4 is 16.2 Å². The molecule has 2 bridgehead atoms. The van der Waals surface area contributed by atoms with Gasteiger partial charge in [0.05, 0.1) is 0 Å². The number of ether oxygens (including phenoxy) is 1. The molecule has 3 aliphatic carbocycles. The summed E-state index contributed by atoms with van der Waals surface area (Å²) in [6.07, 6.45) is 5.42. The van der Waals surface area contributed by atoms with E-state index in [4.69, 9.17) is 9.29 Å². The first-order valence-corrected chi connectivity index (χ1v) is 9.94. The summed E-state index contributed by atoms with van der Waals surface area (Å²) in [5, 5.41) is 11.4. The number of hydrogen-bond acceptors (Lipinski definition) is 7. The van der Waals surface area contributed by atoms with Gasteiger partial charge in [-0.05, 0) is 44.2 Å². The molecular weight excluding hydrogens is 362 g/mol. The van der Waals surface area contributed by atoms with Crippen molar-refractivity contribution in [3.05, 3.63) is 35.5 Å². The number of hydrogen-bond donors (Lipinski definition) is 2. The van der Waals surface area contributed by atoms with Crippen LogP contribution in [0.15, 0.2) is 35.5 Å². The van der Waals surface area contributed by atoms with Crippen LogP contribution in [0, 0.1) is 11.3 Å². The van der Waals surface area contributed by atoms with Gasteiger partial charge in [-0.15, -0.1) is 0 Å². The van der Waals surface area contributed by atoms with Gasteiger partial charge in [-0.2, -0.15) is 8.42 Å². The molecule has 0 aromatic carbocycles. The maximum absolute atomic E-state index is 12.6. The molecular formula is C17H19NO7S. The van der Waals surface area contributed by atoms with Gasteiger partial charge in [0.2, 0.25) is 5.79 Å². The van der Waals surface area contributed by atoms with E-state index >= 15 is 0 Å². The average molecular weight is 381 g/mol. The average Bonchev–Trinajstić information content (AvgIpc) is 2.83. The van der Waals surface area contributed by atoms with Crippen molar-refractivity contribution in [2.24, 2.45) is 11.3 Å². The molecule has 26 heavy (non-hydrogen) atoms. The maximum Gasteiger partial charge on any atom is 0.398 e. The minimum absolute atomic E-state index is 0.0189. The predicted octanol–water partition coefficient (Wildman–Crippen LogP) is -0.0225. The van der Waals surface area contributed by atoms with Gasteiger partial charge in [0.1, 0.15) is 6.10 Å². The van der Waals surface area contributed by atoms with E-state index in [1.54, 1.807) is 6.08 Å². The number of aliphatic hydroxyl groups is 1. The molecule has 0 saturated carbocycles. The van der Waals surface area contributed by atoms with Crippen molar-refractivity contribution in [2.45, 2.75) is 36.9 Å². The molecule has 2 N–H and O–H groups in total. The monoisotopic (exact) mass is 381 g/mol. The molecule has 2 unspecified atom stereocenters. The molecule has 2 fully saturated rings. The van der Waals surface area contributed by atoms with E-state index in [1.165, 1.54) is 12.2 Å². The largest absolute Gasteiger partial charge is 0.398 e. The van der Waals surface area contributed by atoms with Crippen LogP contribution in [0.1, 0.15) is 12.8 Å². The summed E-state index contributed by atoms with van der Waals surface area (Å²) in [4.78, 5) is 14.9. The standard InChI is InChI=1S/C17H19NO7S/c1-18-7-6-16-10-3-4-12(19)15(16)24-17(20)13(25-26(21,22)23)5-2-9(14(16)17)8-11(10)18/h2-5,10-11,13,15,20H,6-8H2,1H3,(H,21,22,23)/t10-,11+,13?,15-,16-,17?/m0/s1. The molecule has 1 spiro atoms. The van der Waals surface area contributed by atoms with E-state index in [1.807, 2.05) is 13.1 Å². The Morgan fingerprint density at radius 2 is 2.12 bits per heavy atom. The third-order valence-corrected chi connectivity index (χ3v) is 7.05. The minimum Gasteiger partial charge on any atom is -0.360 e. The summed E-state index contributed by atoms with van der Waals surface area (Å²) in [6.45, 7) is 0.739. The Hall–Kier alpha value is -1.36. The van der Waals surface area contributed by atoms with E-state index in [9.17, 15) is 18.3 Å². The van der Waals surface area contributed by atoms with Crippen LogP contribution in [0.2, 0.25) is 0 Å². The molecule has 6 atom stereocenters. The second kappa shape index (κ2) is 4.92. The molecule has 2 aliphatic heterocycles. The lowest BCUT2D eigenvalue weighted by atomic mass is 9.52. The van der Waals surface area contributed by atoms with Gasteiger partial charge in [-0.25, -0.2) is 4.18 Å². The third kappa shape index (κ3) is 1.90. The van der Waals surface area contributed by atoms with Crippen LogP contribution in [-0.4, -0.2) is 66.4 Å². The summed E-state index contributed by atoms with van der Waals surface area (Å²) in [5.74, 6) is -2.35. The molecule has 140 valence electrons. The quantitative estimate of drug-likeness (QED) is 0.642. The summed E-state index contributed by atoms with van der Waals surface area (Å²) in [5.41, 5.74) is 0.677. The van der Waals surface area contributed by atoms with Crippen molar-refractivity contribution in [3.63, 3.8) is 0 Å². The van der Waals surface area contributed by atoms with E-state index < -0.39 is 33.8 Å². The lowest BCUT2D eigenvalue weighted by Gasteiger charge is -2.56. The number of piperidine rings is 1. The Bertz CT molecular complexity index is 906. The fourth-order valence-electron chi connectivity index (χ4n) is 5.68. The predicted molar refractivity (Wildman–Crippen MR) is 88.1 cm³/mol. The first-order chi connectivity index (χ1) is 12.2. The minimum atomic E-state index is -4.81. The highest BCUT2D eigenvalue weighted by Gasteiger charge is 2.72. The molecule has 0 radical (unpaired) electrons. The van der Waals surface area contributed by atoms with E-state index in [0.717, 1.165) is 12.1 Å². The molecule has 0 aromatic rings. The molecule has 2 heterocycles. The highest BCUT2D eigenvalue weighted by atomic mass is 32.3. The van der Waals surface area contributed by atoms with Gasteiger partial charge < -0.3 is 14.7 Å². The lowest BCUT2D eigenvalue weighted by Crippen LogP contribution is -2.61. The van der Waals surface area contributed by atoms with Crippen LogP contribution in [0.5, 0.6) is 0 Å². The van der Waals surface area contributed by atoms with Gasteiger partial charge in [0, 0.05) is 22.9 Å². The number of carbonyl (C=O) groups is 1. The summed E-state index contributed by atoms with van der Waals surface area (Å²) < 4.78 is 42.2. The Morgan fingerprint density at radius 1 is 1.35 bits per heavy atom. The zero-order valence-corrected chi connectivity index (χ0v) is 14.8. The molecule has 2 saturated heterocycles. The molecule has 9 heteroatoms. The van der Waals surface area contributed by atoms with Gasteiger partial charge in [-0.3, -0.25) is 9.35 Å². The fourth-order valence-corrected chi connectivity index (χ4v) is 6.13. The van der Waals surface area contributed by atoms with Crippen molar-refractivity contribution in [3.8, 4) is 0 Å². The number of ketones is 1. The normalized spacial score (nSPS) is 46.7.